The minimum atomic E-state index is -0.863. The fraction of sp³-hybridized carbons (Fsp3) is 0.333. The predicted molar refractivity (Wildman–Crippen MR) is 101 cm³/mol. The molecule has 0 radical (unpaired) electrons. The minimum absolute atomic E-state index is 0.0920. The van der Waals surface area contributed by atoms with Crippen molar-refractivity contribution in [2.45, 2.75) is 31.9 Å². The Morgan fingerprint density at radius 3 is 2.46 bits per heavy atom. The zero-order chi connectivity index (χ0) is 17.9. The number of carbonyl (C=O) groups is 1. The van der Waals surface area contributed by atoms with E-state index in [-0.39, 0.29) is 12.5 Å². The molecule has 1 amide bonds. The van der Waals surface area contributed by atoms with Gasteiger partial charge in [-0.2, -0.15) is 0 Å². The number of likely N-dealkylation sites (tertiary alicyclic amines) is 1. The third-order valence-corrected chi connectivity index (χ3v) is 5.05. The summed E-state index contributed by atoms with van der Waals surface area (Å²) in [5, 5.41) is 10.9. The summed E-state index contributed by atoms with van der Waals surface area (Å²) in [6, 6.07) is 17.2. The molecule has 134 valence electrons. The SMILES string of the molecule is O=C(Cn1c([C@H](O)c2ccccc2)nc2ccccc21)N1CCCCC1. The molecule has 1 N–H and O–H groups in total. The van der Waals surface area contributed by atoms with E-state index < -0.39 is 6.10 Å². The minimum Gasteiger partial charge on any atom is -0.380 e. The van der Waals surface area contributed by atoms with Crippen molar-refractivity contribution in [2.24, 2.45) is 0 Å². The highest BCUT2D eigenvalue weighted by molar-refractivity contribution is 5.81. The van der Waals surface area contributed by atoms with E-state index in [1.54, 1.807) is 0 Å². The molecule has 2 heterocycles. The number of aliphatic hydroxyl groups is 1. The summed E-state index contributed by atoms with van der Waals surface area (Å²) < 4.78 is 1.87. The van der Waals surface area contributed by atoms with Gasteiger partial charge in [0.05, 0.1) is 11.0 Å². The largest absolute Gasteiger partial charge is 0.380 e. The highest BCUT2D eigenvalue weighted by atomic mass is 16.3. The molecule has 1 aliphatic heterocycles. The summed E-state index contributed by atoms with van der Waals surface area (Å²) in [7, 11) is 0. The van der Waals surface area contributed by atoms with Crippen molar-refractivity contribution in [1.29, 1.82) is 0 Å². The number of piperidine rings is 1. The molecule has 3 aromatic rings. The second-order valence-corrected chi connectivity index (χ2v) is 6.80. The average Bonchev–Trinajstić information content (AvgIpc) is 3.07. The number of carbonyl (C=O) groups excluding carboxylic acids is 1. The van der Waals surface area contributed by atoms with E-state index in [0.29, 0.717) is 5.82 Å². The Bertz CT molecular complexity index is 898. The van der Waals surface area contributed by atoms with Crippen LogP contribution in [0.15, 0.2) is 54.6 Å². The summed E-state index contributed by atoms with van der Waals surface area (Å²) in [6.45, 7) is 1.85. The van der Waals surface area contributed by atoms with Crippen LogP contribution in [-0.4, -0.2) is 38.6 Å². The number of nitrogens with zero attached hydrogens (tertiary/aromatic N) is 3. The lowest BCUT2D eigenvalue weighted by molar-refractivity contribution is -0.132. The van der Waals surface area contributed by atoms with E-state index in [1.165, 1.54) is 6.42 Å². The van der Waals surface area contributed by atoms with Gasteiger partial charge in [-0.3, -0.25) is 4.79 Å². The molecule has 5 nitrogen and oxygen atoms in total. The number of aliphatic hydroxyl groups excluding tert-OH is 1. The molecule has 4 rings (SSSR count). The van der Waals surface area contributed by atoms with Crippen molar-refractivity contribution in [2.75, 3.05) is 13.1 Å². The van der Waals surface area contributed by atoms with Crippen molar-refractivity contribution >= 4 is 16.9 Å². The van der Waals surface area contributed by atoms with Gasteiger partial charge in [-0.25, -0.2) is 4.98 Å². The van der Waals surface area contributed by atoms with E-state index in [0.717, 1.165) is 42.5 Å². The maximum atomic E-state index is 12.8. The highest BCUT2D eigenvalue weighted by Crippen LogP contribution is 2.26. The van der Waals surface area contributed by atoms with Gasteiger partial charge in [0.25, 0.3) is 0 Å². The van der Waals surface area contributed by atoms with Gasteiger partial charge < -0.3 is 14.6 Å². The molecule has 1 fully saturated rings. The van der Waals surface area contributed by atoms with Crippen LogP contribution >= 0.6 is 0 Å². The number of para-hydroxylation sites is 2. The maximum Gasteiger partial charge on any atom is 0.242 e. The van der Waals surface area contributed by atoms with Crippen molar-refractivity contribution in [1.82, 2.24) is 14.5 Å². The van der Waals surface area contributed by atoms with Crippen LogP contribution in [0.3, 0.4) is 0 Å². The topological polar surface area (TPSA) is 58.4 Å². The highest BCUT2D eigenvalue weighted by Gasteiger charge is 2.23. The predicted octanol–water partition coefficient (Wildman–Crippen LogP) is 3.13. The number of amides is 1. The van der Waals surface area contributed by atoms with E-state index in [2.05, 4.69) is 4.98 Å². The number of benzene rings is 2. The molecule has 0 aliphatic carbocycles. The molecule has 0 unspecified atom stereocenters. The number of hydrogen-bond acceptors (Lipinski definition) is 3. The van der Waals surface area contributed by atoms with Crippen LogP contribution in [0.25, 0.3) is 11.0 Å². The summed E-state index contributed by atoms with van der Waals surface area (Å²) in [4.78, 5) is 19.4. The number of hydrogen-bond donors (Lipinski definition) is 1. The van der Waals surface area contributed by atoms with Gasteiger partial charge in [-0.05, 0) is 37.0 Å². The fourth-order valence-corrected chi connectivity index (χ4v) is 3.63. The van der Waals surface area contributed by atoms with Gasteiger partial charge in [0.2, 0.25) is 5.91 Å². The monoisotopic (exact) mass is 349 g/mol. The van der Waals surface area contributed by atoms with Crippen LogP contribution < -0.4 is 0 Å². The Labute approximate surface area is 152 Å². The first-order valence-corrected chi connectivity index (χ1v) is 9.20. The third-order valence-electron chi connectivity index (χ3n) is 5.05. The summed E-state index contributed by atoms with van der Waals surface area (Å²) >= 11 is 0. The van der Waals surface area contributed by atoms with Gasteiger partial charge in [-0.1, -0.05) is 42.5 Å². The average molecular weight is 349 g/mol. The molecule has 1 saturated heterocycles. The Balaban J connectivity index is 1.71. The standard InChI is InChI=1S/C21H23N3O2/c25-19(23-13-7-2-8-14-23)15-24-18-12-6-5-11-17(18)22-21(24)20(26)16-9-3-1-4-10-16/h1,3-6,9-12,20,26H,2,7-8,13-15H2/t20-/m1/s1. The van der Waals surface area contributed by atoms with Crippen LogP contribution in [0.2, 0.25) is 0 Å². The van der Waals surface area contributed by atoms with Gasteiger partial charge in [0.15, 0.2) is 0 Å². The first-order valence-electron chi connectivity index (χ1n) is 9.20. The molecule has 2 aromatic carbocycles. The maximum absolute atomic E-state index is 12.8. The van der Waals surface area contributed by atoms with Crippen molar-refractivity contribution in [3.8, 4) is 0 Å². The van der Waals surface area contributed by atoms with Crippen LogP contribution in [0.5, 0.6) is 0 Å². The molecule has 5 heteroatoms. The molecule has 1 aromatic heterocycles. The van der Waals surface area contributed by atoms with E-state index in [1.807, 2.05) is 64.1 Å². The Kier molecular flexibility index (Phi) is 4.71. The summed E-state index contributed by atoms with van der Waals surface area (Å²) in [5.41, 5.74) is 2.45. The van der Waals surface area contributed by atoms with Crippen molar-refractivity contribution in [3.05, 3.63) is 66.0 Å². The van der Waals surface area contributed by atoms with Crippen LogP contribution in [0.4, 0.5) is 0 Å². The molecule has 1 aliphatic rings. The molecule has 0 spiro atoms. The Morgan fingerprint density at radius 2 is 1.69 bits per heavy atom. The molecule has 26 heavy (non-hydrogen) atoms. The number of rotatable bonds is 4. The molecule has 1 atom stereocenters. The van der Waals surface area contributed by atoms with Gasteiger partial charge in [-0.15, -0.1) is 0 Å². The van der Waals surface area contributed by atoms with Crippen LogP contribution in [0.1, 0.15) is 36.8 Å². The lowest BCUT2D eigenvalue weighted by atomic mass is 10.1. The van der Waals surface area contributed by atoms with Crippen molar-refractivity contribution < 1.29 is 9.90 Å². The third kappa shape index (κ3) is 3.22. The van der Waals surface area contributed by atoms with E-state index in [4.69, 9.17) is 0 Å². The molecule has 0 bridgehead atoms. The Morgan fingerprint density at radius 1 is 1.00 bits per heavy atom. The number of imidazole rings is 1. The van der Waals surface area contributed by atoms with Gasteiger partial charge in [0.1, 0.15) is 18.5 Å². The zero-order valence-electron chi connectivity index (χ0n) is 14.7. The summed E-state index contributed by atoms with van der Waals surface area (Å²) in [5.74, 6) is 0.608. The lowest BCUT2D eigenvalue weighted by Gasteiger charge is -2.27. The first-order chi connectivity index (χ1) is 12.7. The lowest BCUT2D eigenvalue weighted by Crippen LogP contribution is -2.38. The molecular weight excluding hydrogens is 326 g/mol. The first kappa shape index (κ1) is 16.8. The second kappa shape index (κ2) is 7.30. The number of aromatic nitrogens is 2. The molecular formula is C21H23N3O2. The van der Waals surface area contributed by atoms with Crippen molar-refractivity contribution in [3.63, 3.8) is 0 Å². The normalized spacial score (nSPS) is 16.0. The fourth-order valence-electron chi connectivity index (χ4n) is 3.63. The van der Waals surface area contributed by atoms with Gasteiger partial charge in [0, 0.05) is 13.1 Å². The smallest absolute Gasteiger partial charge is 0.242 e. The molecule has 0 saturated carbocycles. The Hall–Kier alpha value is -2.66. The second-order valence-electron chi connectivity index (χ2n) is 6.80. The zero-order valence-corrected chi connectivity index (χ0v) is 14.7. The summed E-state index contributed by atoms with van der Waals surface area (Å²) in [6.07, 6.45) is 2.46. The van der Waals surface area contributed by atoms with Crippen LogP contribution in [-0.2, 0) is 11.3 Å². The van der Waals surface area contributed by atoms with E-state index >= 15 is 0 Å². The van der Waals surface area contributed by atoms with E-state index in [9.17, 15) is 9.90 Å². The van der Waals surface area contributed by atoms with Gasteiger partial charge >= 0.3 is 0 Å². The quantitative estimate of drug-likeness (QED) is 0.787. The number of fused-ring (bicyclic) bond motifs is 1. The van der Waals surface area contributed by atoms with Crippen LogP contribution in [0, 0.1) is 0 Å².